The summed E-state index contributed by atoms with van der Waals surface area (Å²) in [7, 11) is 0. The van der Waals surface area contributed by atoms with Crippen LogP contribution in [0, 0.1) is 0 Å². The molecule has 9 nitrogen and oxygen atoms in total. The molecule has 90 valence electrons. The summed E-state index contributed by atoms with van der Waals surface area (Å²) in [4.78, 5) is 0. The van der Waals surface area contributed by atoms with Crippen molar-refractivity contribution in [1.82, 2.24) is 0 Å². The van der Waals surface area contributed by atoms with Gasteiger partial charge >= 0.3 is 44.8 Å². The largest absolute Gasteiger partial charge is 5.00 e. The molecule has 0 rings (SSSR count). The molecule has 0 N–H and O–H groups in total. The Bertz CT molecular complexity index is 15.6. The second-order valence-corrected chi connectivity index (χ2v) is 0. The summed E-state index contributed by atoms with van der Waals surface area (Å²) in [6.45, 7) is 0. The van der Waals surface area contributed by atoms with Gasteiger partial charge in [-0.25, -0.2) is 0 Å². The maximum Gasteiger partial charge on any atom is 5.00 e. The van der Waals surface area contributed by atoms with E-state index in [0.717, 1.165) is 0 Å². The van der Waals surface area contributed by atoms with Gasteiger partial charge in [-0.2, -0.15) is 0 Å². The zero-order valence-electron chi connectivity index (χ0n) is 5.24. The van der Waals surface area contributed by atoms with Gasteiger partial charge in [-0.1, -0.05) is 0 Å². The summed E-state index contributed by atoms with van der Waals surface area (Å²) in [5, 5.41) is 0. The van der Waals surface area contributed by atoms with Gasteiger partial charge in [-0.05, 0) is 0 Å². The van der Waals surface area contributed by atoms with Gasteiger partial charge < -0.3 is 49.3 Å². The summed E-state index contributed by atoms with van der Waals surface area (Å²) in [5.74, 6) is 0. The van der Waals surface area contributed by atoms with Crippen molar-refractivity contribution < 1.29 is 134 Å². The van der Waals surface area contributed by atoms with Crippen LogP contribution in [0.1, 0.15) is 0 Å². The topological polar surface area (TPSA) is 256 Å². The Morgan fingerprint density at radius 3 is 0.231 bits per heavy atom. The van der Waals surface area contributed by atoms with Crippen molar-refractivity contribution in [2.75, 3.05) is 0 Å². The maximum absolute atomic E-state index is 0. The minimum Gasteiger partial charge on any atom is -2.00 e. The Morgan fingerprint density at radius 1 is 0.231 bits per heavy atom. The molecule has 0 aromatic heterocycles. The van der Waals surface area contributed by atoms with E-state index >= 15 is 0 Å². The molecule has 0 unspecified atom stereocenters. The molecule has 0 atom stereocenters. The molecule has 0 aromatic carbocycles. The van der Waals surface area contributed by atoms with Crippen LogP contribution in [0.25, 0.3) is 0 Å². The Morgan fingerprint density at radius 2 is 0.231 bits per heavy atom. The van der Waals surface area contributed by atoms with E-state index in [0.29, 0.717) is 0 Å². The van der Waals surface area contributed by atoms with Crippen molar-refractivity contribution >= 4 is 0 Å². The zero-order chi connectivity index (χ0) is 0. The van der Waals surface area contributed by atoms with Gasteiger partial charge in [0.15, 0.2) is 0 Å². The Kier molecular flexibility index (Phi) is 18700. The fourth-order valence-corrected chi connectivity index (χ4v) is 0. The van der Waals surface area contributed by atoms with Crippen molar-refractivity contribution in [1.29, 1.82) is 0 Å². The van der Waals surface area contributed by atoms with Crippen molar-refractivity contribution in [3.8, 4) is 0 Å². The Balaban J connectivity index is 0. The first-order valence-corrected chi connectivity index (χ1v) is 0. The summed E-state index contributed by atoms with van der Waals surface area (Å²) in [6, 6.07) is 0. The van der Waals surface area contributed by atoms with Crippen LogP contribution in [0.3, 0.4) is 0 Å². The molecule has 0 aliphatic carbocycles. The molecule has 2 radical (unpaired) electrons. The van der Waals surface area contributed by atoms with E-state index in [9.17, 15) is 0 Å². The van der Waals surface area contributed by atoms with Crippen molar-refractivity contribution in [3.05, 3.63) is 0 Å². The van der Waals surface area contributed by atoms with Crippen LogP contribution in [0.15, 0.2) is 0 Å². The molecule has 0 aliphatic heterocycles. The molecule has 0 fully saturated rings. The van der Waals surface area contributed by atoms with E-state index in [4.69, 9.17) is 0 Å². The average molecular weight is 890 g/mol. The average Bonchev–Trinajstić information content (AvgIpc) is 0. The van der Waals surface area contributed by atoms with Gasteiger partial charge in [-0.3, -0.25) is 0 Å². The fourth-order valence-electron chi connectivity index (χ4n) is 0. The summed E-state index contributed by atoms with van der Waals surface area (Å²) in [6.07, 6.45) is 0. The summed E-state index contributed by atoms with van der Waals surface area (Å²) >= 11 is 0. The molecule has 0 aromatic rings. The molecule has 0 bridgehead atoms. The molecule has 0 saturated heterocycles. The third-order valence-electron chi connectivity index (χ3n) is 0. The smallest absolute Gasteiger partial charge is 2.00 e. The summed E-state index contributed by atoms with van der Waals surface area (Å²) < 4.78 is 0. The molecule has 13 heteroatoms. The van der Waals surface area contributed by atoms with Gasteiger partial charge in [0.2, 0.25) is 0 Å². The molecule has 0 aliphatic rings. The van der Waals surface area contributed by atoms with Crippen LogP contribution in [-0.4, -0.2) is 0 Å². The second-order valence-electron chi connectivity index (χ2n) is 0. The predicted molar refractivity (Wildman–Crippen MR) is 6.18 cm³/mol. The quantitative estimate of drug-likeness (QED) is 0.282. The van der Waals surface area contributed by atoms with Crippen molar-refractivity contribution in [2.45, 2.75) is 0 Å². The van der Waals surface area contributed by atoms with Crippen molar-refractivity contribution in [2.24, 2.45) is 0 Å². The third kappa shape index (κ3) is 380. The van der Waals surface area contributed by atoms with Gasteiger partial charge in [0.25, 0.3) is 0 Å². The fraction of sp³-hybridized carbons (Fsp3) is 0. The Hall–Kier alpha value is 2.42. The van der Waals surface area contributed by atoms with Crippen LogP contribution < -0.4 is 0 Å². The maximum atomic E-state index is 0. The number of hydrogen-bond donors (Lipinski definition) is 0. The van der Waals surface area contributed by atoms with E-state index < -0.39 is 0 Å². The molecule has 0 saturated carbocycles. The van der Waals surface area contributed by atoms with Crippen LogP contribution >= 0.6 is 0 Å². The van der Waals surface area contributed by atoms with E-state index in [1.807, 2.05) is 0 Å². The van der Waals surface area contributed by atoms with E-state index in [2.05, 4.69) is 0 Å². The summed E-state index contributed by atoms with van der Waals surface area (Å²) in [5.41, 5.74) is 0. The molecule has 0 amide bonds. The standard InChI is InChI=1S/2Ir.9O.2Ta/q;;9*-2;2*+5. The normalized spacial score (nSPS) is 0. The molecular weight excluding hydrogens is 890 g/mol. The van der Waals surface area contributed by atoms with E-state index in [1.165, 1.54) is 0 Å². The van der Waals surface area contributed by atoms with E-state index in [1.54, 1.807) is 0 Å². The molecule has 0 heterocycles. The Labute approximate surface area is 133 Å². The van der Waals surface area contributed by atoms with Crippen LogP contribution in [0.2, 0.25) is 0 Å². The monoisotopic (exact) mass is 892 g/mol. The van der Waals surface area contributed by atoms with Crippen LogP contribution in [0.5, 0.6) is 0 Å². The first-order chi connectivity index (χ1) is 0. The van der Waals surface area contributed by atoms with Gasteiger partial charge in [-0.15, -0.1) is 0 Å². The zero-order valence-corrected chi connectivity index (χ0v) is 16.5. The minimum atomic E-state index is 0. The third-order valence-corrected chi connectivity index (χ3v) is 0. The van der Waals surface area contributed by atoms with Gasteiger partial charge in [0.05, 0.1) is 0 Å². The first-order valence-electron chi connectivity index (χ1n) is 0. The molecule has 0 spiro atoms. The first kappa shape index (κ1) is 548. The van der Waals surface area contributed by atoms with Gasteiger partial charge in [0.1, 0.15) is 0 Å². The predicted octanol–water partition coefficient (Wildman–Crippen LogP) is -1.08. The van der Waals surface area contributed by atoms with Gasteiger partial charge in [0, 0.05) is 40.2 Å². The SMILES string of the molecule is [Ir].[Ir].[O-2].[O-2].[O-2].[O-2].[O-2].[O-2].[O-2].[O-2].[O-2].[Ta+5].[Ta+5]. The minimum absolute atomic E-state index is 0. The van der Waals surface area contributed by atoms with Crippen LogP contribution in [0.4, 0.5) is 0 Å². The number of hydrogen-bond acceptors (Lipinski definition) is 0. The van der Waals surface area contributed by atoms with Crippen molar-refractivity contribution in [3.63, 3.8) is 0 Å². The van der Waals surface area contributed by atoms with E-state index in [-0.39, 0.29) is 134 Å². The van der Waals surface area contributed by atoms with Crippen LogP contribution in [-0.2, 0) is 134 Å². The second kappa shape index (κ2) is 444. The molecular formula is Ir2O9Ta2-8. The number of rotatable bonds is 0. The molecule has 13 heavy (non-hydrogen) atoms.